The first-order valence-electron chi connectivity index (χ1n) is 7.08. The van der Waals surface area contributed by atoms with E-state index in [1.54, 1.807) is 11.6 Å². The Morgan fingerprint density at radius 2 is 1.76 bits per heavy atom. The van der Waals surface area contributed by atoms with Crippen LogP contribution in [0.4, 0.5) is 5.95 Å². The number of nitrogens with zero attached hydrogens (tertiary/aromatic N) is 5. The fourth-order valence-corrected chi connectivity index (χ4v) is 2.71. The van der Waals surface area contributed by atoms with Crippen molar-refractivity contribution >= 4 is 5.95 Å². The van der Waals surface area contributed by atoms with E-state index in [0.29, 0.717) is 12.5 Å². The third-order valence-electron chi connectivity index (χ3n) is 3.91. The number of rotatable bonds is 1. The van der Waals surface area contributed by atoms with Gasteiger partial charge in [-0.3, -0.25) is 9.36 Å². The standard InChI is InChI=1S/C15H19N5O/c1-9-7-10(2)17-15(16-9)20-6-5-13-12(8-20)14(21)19(4)11(3)18-13/h7H,5-6,8H2,1-4H3. The Kier molecular flexibility index (Phi) is 3.23. The second-order valence-corrected chi connectivity index (χ2v) is 5.57. The fourth-order valence-electron chi connectivity index (χ4n) is 2.71. The monoisotopic (exact) mass is 285 g/mol. The molecule has 6 nitrogen and oxygen atoms in total. The molecule has 0 aliphatic carbocycles. The first-order chi connectivity index (χ1) is 9.95. The van der Waals surface area contributed by atoms with Crippen molar-refractivity contribution in [1.29, 1.82) is 0 Å². The van der Waals surface area contributed by atoms with Gasteiger partial charge in [-0.15, -0.1) is 0 Å². The molecule has 110 valence electrons. The maximum Gasteiger partial charge on any atom is 0.258 e. The summed E-state index contributed by atoms with van der Waals surface area (Å²) in [5.41, 5.74) is 3.59. The van der Waals surface area contributed by atoms with Gasteiger partial charge in [-0.25, -0.2) is 15.0 Å². The van der Waals surface area contributed by atoms with E-state index in [1.807, 2.05) is 26.8 Å². The van der Waals surface area contributed by atoms with Gasteiger partial charge < -0.3 is 4.90 Å². The van der Waals surface area contributed by atoms with Crippen molar-refractivity contribution in [1.82, 2.24) is 19.5 Å². The lowest BCUT2D eigenvalue weighted by Gasteiger charge is -2.28. The van der Waals surface area contributed by atoms with E-state index < -0.39 is 0 Å². The highest BCUT2D eigenvalue weighted by Crippen LogP contribution is 2.19. The molecule has 3 heterocycles. The second kappa shape index (κ2) is 4.95. The van der Waals surface area contributed by atoms with E-state index >= 15 is 0 Å². The highest BCUT2D eigenvalue weighted by atomic mass is 16.1. The fraction of sp³-hybridized carbons (Fsp3) is 0.467. The number of aryl methyl sites for hydroxylation is 3. The molecule has 1 aliphatic heterocycles. The van der Waals surface area contributed by atoms with Crippen LogP contribution < -0.4 is 10.5 Å². The molecule has 0 aromatic carbocycles. The quantitative estimate of drug-likeness (QED) is 0.784. The van der Waals surface area contributed by atoms with Crippen molar-refractivity contribution in [2.45, 2.75) is 33.7 Å². The van der Waals surface area contributed by atoms with Crippen LogP contribution in [0.5, 0.6) is 0 Å². The highest BCUT2D eigenvalue weighted by molar-refractivity contribution is 5.38. The van der Waals surface area contributed by atoms with E-state index in [1.165, 1.54) is 0 Å². The van der Waals surface area contributed by atoms with Gasteiger partial charge in [-0.1, -0.05) is 0 Å². The predicted octanol–water partition coefficient (Wildman–Crippen LogP) is 1.06. The number of fused-ring (bicyclic) bond motifs is 1. The molecule has 2 aromatic heterocycles. The van der Waals surface area contributed by atoms with Crippen molar-refractivity contribution in [2.24, 2.45) is 7.05 Å². The maximum atomic E-state index is 12.4. The average molecular weight is 285 g/mol. The summed E-state index contributed by atoms with van der Waals surface area (Å²) in [5.74, 6) is 1.45. The summed E-state index contributed by atoms with van der Waals surface area (Å²) in [5, 5.41) is 0. The van der Waals surface area contributed by atoms with E-state index in [-0.39, 0.29) is 5.56 Å². The molecule has 0 saturated carbocycles. The first kappa shape index (κ1) is 13.7. The molecule has 2 aromatic rings. The molecule has 21 heavy (non-hydrogen) atoms. The van der Waals surface area contributed by atoms with Gasteiger partial charge in [-0.05, 0) is 26.8 Å². The van der Waals surface area contributed by atoms with E-state index in [9.17, 15) is 4.79 Å². The second-order valence-electron chi connectivity index (χ2n) is 5.57. The molecule has 0 spiro atoms. The number of hydrogen-bond acceptors (Lipinski definition) is 5. The Morgan fingerprint density at radius 3 is 2.43 bits per heavy atom. The Bertz CT molecular complexity index is 745. The van der Waals surface area contributed by atoms with Crippen LogP contribution in [0, 0.1) is 20.8 Å². The SMILES string of the molecule is Cc1cc(C)nc(N2CCc3nc(C)n(C)c(=O)c3C2)n1. The normalized spacial score (nSPS) is 14.2. The Hall–Kier alpha value is -2.24. The molecule has 0 saturated heterocycles. The van der Waals surface area contributed by atoms with E-state index in [0.717, 1.165) is 41.4 Å². The molecule has 0 radical (unpaired) electrons. The van der Waals surface area contributed by atoms with Crippen LogP contribution in [0.25, 0.3) is 0 Å². The summed E-state index contributed by atoms with van der Waals surface area (Å²) in [4.78, 5) is 28.0. The minimum absolute atomic E-state index is 0.0339. The largest absolute Gasteiger partial charge is 0.336 e. The molecular weight excluding hydrogens is 266 g/mol. The summed E-state index contributed by atoms with van der Waals surface area (Å²) >= 11 is 0. The van der Waals surface area contributed by atoms with Crippen LogP contribution in [0.1, 0.15) is 28.5 Å². The van der Waals surface area contributed by atoms with Crippen LogP contribution in [-0.4, -0.2) is 26.1 Å². The van der Waals surface area contributed by atoms with Gasteiger partial charge in [0.15, 0.2) is 0 Å². The van der Waals surface area contributed by atoms with Gasteiger partial charge in [0.25, 0.3) is 5.56 Å². The van der Waals surface area contributed by atoms with Crippen molar-refractivity contribution in [2.75, 3.05) is 11.4 Å². The van der Waals surface area contributed by atoms with Gasteiger partial charge in [0.2, 0.25) is 5.95 Å². The van der Waals surface area contributed by atoms with Gasteiger partial charge in [-0.2, -0.15) is 0 Å². The number of aromatic nitrogens is 4. The molecule has 1 aliphatic rings. The minimum atomic E-state index is 0.0339. The lowest BCUT2D eigenvalue weighted by atomic mass is 10.1. The molecule has 3 rings (SSSR count). The molecular formula is C15H19N5O. The molecule has 0 unspecified atom stereocenters. The van der Waals surface area contributed by atoms with Crippen LogP contribution in [0.2, 0.25) is 0 Å². The van der Waals surface area contributed by atoms with Crippen LogP contribution >= 0.6 is 0 Å². The van der Waals surface area contributed by atoms with E-state index in [4.69, 9.17) is 0 Å². The Balaban J connectivity index is 2.01. The van der Waals surface area contributed by atoms with Gasteiger partial charge in [0.05, 0.1) is 17.8 Å². The van der Waals surface area contributed by atoms with Crippen molar-refractivity contribution in [3.05, 3.63) is 44.9 Å². The van der Waals surface area contributed by atoms with Gasteiger partial charge >= 0.3 is 0 Å². The third kappa shape index (κ3) is 2.41. The van der Waals surface area contributed by atoms with Crippen molar-refractivity contribution in [3.63, 3.8) is 0 Å². The smallest absolute Gasteiger partial charge is 0.258 e. The zero-order valence-corrected chi connectivity index (χ0v) is 12.8. The summed E-state index contributed by atoms with van der Waals surface area (Å²) in [6, 6.07) is 1.95. The molecule has 6 heteroatoms. The van der Waals surface area contributed by atoms with Crippen LogP contribution in [0.3, 0.4) is 0 Å². The molecule has 0 bridgehead atoms. The minimum Gasteiger partial charge on any atom is -0.336 e. The lowest BCUT2D eigenvalue weighted by molar-refractivity contribution is 0.642. The van der Waals surface area contributed by atoms with Crippen molar-refractivity contribution in [3.8, 4) is 0 Å². The predicted molar refractivity (Wildman–Crippen MR) is 80.5 cm³/mol. The highest BCUT2D eigenvalue weighted by Gasteiger charge is 2.23. The van der Waals surface area contributed by atoms with Crippen LogP contribution in [-0.2, 0) is 20.0 Å². The molecule has 0 amide bonds. The first-order valence-corrected chi connectivity index (χ1v) is 7.08. The van der Waals surface area contributed by atoms with Gasteiger partial charge in [0, 0.05) is 31.4 Å². The molecule has 0 fully saturated rings. The third-order valence-corrected chi connectivity index (χ3v) is 3.91. The van der Waals surface area contributed by atoms with Gasteiger partial charge in [0.1, 0.15) is 5.82 Å². The summed E-state index contributed by atoms with van der Waals surface area (Å²) in [7, 11) is 1.76. The van der Waals surface area contributed by atoms with Crippen molar-refractivity contribution < 1.29 is 0 Å². The summed E-state index contributed by atoms with van der Waals surface area (Å²) in [6.45, 7) is 7.09. The maximum absolute atomic E-state index is 12.4. The zero-order valence-electron chi connectivity index (χ0n) is 12.8. The summed E-state index contributed by atoms with van der Waals surface area (Å²) in [6.07, 6.45) is 0.753. The molecule has 0 atom stereocenters. The number of anilines is 1. The Morgan fingerprint density at radius 1 is 1.10 bits per heavy atom. The topological polar surface area (TPSA) is 63.9 Å². The summed E-state index contributed by atoms with van der Waals surface area (Å²) < 4.78 is 1.60. The zero-order chi connectivity index (χ0) is 15.1. The van der Waals surface area contributed by atoms with Crippen LogP contribution in [0.15, 0.2) is 10.9 Å². The molecule has 0 N–H and O–H groups in total. The van der Waals surface area contributed by atoms with E-state index in [2.05, 4.69) is 19.9 Å². The number of hydrogen-bond donors (Lipinski definition) is 0. The average Bonchev–Trinajstić information content (AvgIpc) is 2.43. The lowest BCUT2D eigenvalue weighted by Crippen LogP contribution is -2.39. The Labute approximate surface area is 123 Å².